The van der Waals surface area contributed by atoms with E-state index in [0.29, 0.717) is 13.1 Å². The van der Waals surface area contributed by atoms with Gasteiger partial charge >= 0.3 is 0 Å². The van der Waals surface area contributed by atoms with Gasteiger partial charge in [-0.15, -0.1) is 11.3 Å². The van der Waals surface area contributed by atoms with E-state index in [0.717, 1.165) is 17.5 Å². The highest BCUT2D eigenvalue weighted by Gasteiger charge is 2.04. The second-order valence-electron chi connectivity index (χ2n) is 5.92. The van der Waals surface area contributed by atoms with Crippen molar-refractivity contribution in [3.05, 3.63) is 45.4 Å². The van der Waals surface area contributed by atoms with Gasteiger partial charge in [-0.3, -0.25) is 0 Å². The van der Waals surface area contributed by atoms with E-state index in [1.807, 2.05) is 6.20 Å². The number of aromatic nitrogens is 1. The molecule has 0 atom stereocenters. The molecule has 130 valence electrons. The third kappa shape index (κ3) is 5.23. The number of hydrogen-bond donors (Lipinski definition) is 2. The van der Waals surface area contributed by atoms with Crippen molar-refractivity contribution in [1.82, 2.24) is 15.6 Å². The summed E-state index contributed by atoms with van der Waals surface area (Å²) in [6.07, 6.45) is 1.90. The highest BCUT2D eigenvalue weighted by Crippen LogP contribution is 2.18. The van der Waals surface area contributed by atoms with Gasteiger partial charge in [-0.2, -0.15) is 0 Å². The summed E-state index contributed by atoms with van der Waals surface area (Å²) in [6.45, 7) is 8.47. The smallest absolute Gasteiger partial charge is 0.191 e. The van der Waals surface area contributed by atoms with Crippen molar-refractivity contribution in [2.75, 3.05) is 25.5 Å². The molecule has 0 aliphatic rings. The molecule has 1 aromatic carbocycles. The number of rotatable bonds is 6. The predicted molar refractivity (Wildman–Crippen MR) is 104 cm³/mol. The van der Waals surface area contributed by atoms with Crippen LogP contribution in [0.2, 0.25) is 0 Å². The average Bonchev–Trinajstić information content (AvgIpc) is 2.96. The largest absolute Gasteiger partial charge is 0.378 e. The fourth-order valence-electron chi connectivity index (χ4n) is 2.28. The highest BCUT2D eigenvalue weighted by molar-refractivity contribution is 7.11. The number of nitrogens with one attached hydrogen (secondary N) is 2. The van der Waals surface area contributed by atoms with Gasteiger partial charge in [0.15, 0.2) is 5.96 Å². The molecule has 2 N–H and O–H groups in total. The first kappa shape index (κ1) is 18.3. The Morgan fingerprint density at radius 2 is 2.04 bits per heavy atom. The van der Waals surface area contributed by atoms with Gasteiger partial charge < -0.3 is 15.5 Å². The van der Waals surface area contributed by atoms with Gasteiger partial charge in [0.05, 0.1) is 13.1 Å². The molecule has 1 aromatic heterocycles. The summed E-state index contributed by atoms with van der Waals surface area (Å²) in [7, 11) is 4.11. The van der Waals surface area contributed by atoms with Crippen LogP contribution in [0.25, 0.3) is 0 Å². The van der Waals surface area contributed by atoms with Gasteiger partial charge in [0, 0.05) is 37.4 Å². The van der Waals surface area contributed by atoms with E-state index in [4.69, 9.17) is 4.99 Å². The van der Waals surface area contributed by atoms with Crippen LogP contribution in [0.15, 0.2) is 29.4 Å². The standard InChI is InChI=1S/C18H27N5S/c1-6-19-18(22-12-17-20-10-14(3)24-17)21-11-15-7-8-16(23(4)5)9-13(15)2/h7-10H,6,11-12H2,1-5H3,(H2,19,21,22). The summed E-state index contributed by atoms with van der Waals surface area (Å²) >= 11 is 1.71. The minimum Gasteiger partial charge on any atom is -0.378 e. The van der Waals surface area contributed by atoms with Crippen molar-refractivity contribution in [3.63, 3.8) is 0 Å². The summed E-state index contributed by atoms with van der Waals surface area (Å²) in [5.74, 6) is 0.821. The molecule has 0 spiro atoms. The molecule has 0 saturated heterocycles. The van der Waals surface area contributed by atoms with Crippen LogP contribution in [0.1, 0.15) is 27.9 Å². The van der Waals surface area contributed by atoms with Crippen LogP contribution in [0.3, 0.4) is 0 Å². The van der Waals surface area contributed by atoms with Gasteiger partial charge in [0.25, 0.3) is 0 Å². The fourth-order valence-corrected chi connectivity index (χ4v) is 3.01. The van der Waals surface area contributed by atoms with E-state index in [1.54, 1.807) is 11.3 Å². The number of thiazole rings is 1. The summed E-state index contributed by atoms with van der Waals surface area (Å²) in [5, 5.41) is 7.71. The SMILES string of the molecule is CCNC(=NCc1ccc(N(C)C)cc1C)NCc1ncc(C)s1. The lowest BCUT2D eigenvalue weighted by molar-refractivity contribution is 0.811. The van der Waals surface area contributed by atoms with Gasteiger partial charge in [-0.25, -0.2) is 9.98 Å². The van der Waals surface area contributed by atoms with Crippen molar-refractivity contribution >= 4 is 23.0 Å². The number of aryl methyl sites for hydroxylation is 2. The summed E-state index contributed by atoms with van der Waals surface area (Å²) in [6, 6.07) is 6.49. The minimum absolute atomic E-state index is 0.659. The normalized spacial score (nSPS) is 11.5. The summed E-state index contributed by atoms with van der Waals surface area (Å²) in [5.41, 5.74) is 3.71. The summed E-state index contributed by atoms with van der Waals surface area (Å²) in [4.78, 5) is 12.4. The van der Waals surface area contributed by atoms with Crippen molar-refractivity contribution < 1.29 is 0 Å². The number of hydrogen-bond acceptors (Lipinski definition) is 4. The zero-order chi connectivity index (χ0) is 17.5. The van der Waals surface area contributed by atoms with E-state index in [2.05, 4.69) is 73.6 Å². The van der Waals surface area contributed by atoms with E-state index in [9.17, 15) is 0 Å². The number of guanidine groups is 1. The number of anilines is 1. The average molecular weight is 346 g/mol. The van der Waals surface area contributed by atoms with E-state index in [-0.39, 0.29) is 0 Å². The predicted octanol–water partition coefficient (Wildman–Crippen LogP) is 3.08. The lowest BCUT2D eigenvalue weighted by Crippen LogP contribution is -2.36. The molecule has 0 fully saturated rings. The van der Waals surface area contributed by atoms with Gasteiger partial charge in [-0.05, 0) is 44.0 Å². The summed E-state index contributed by atoms with van der Waals surface area (Å²) < 4.78 is 0. The Hall–Kier alpha value is -2.08. The lowest BCUT2D eigenvalue weighted by atomic mass is 10.1. The van der Waals surface area contributed by atoms with Crippen LogP contribution in [0.5, 0.6) is 0 Å². The Kier molecular flexibility index (Phi) is 6.61. The maximum atomic E-state index is 4.70. The molecular formula is C18H27N5S. The molecule has 0 bridgehead atoms. The Morgan fingerprint density at radius 1 is 1.25 bits per heavy atom. The van der Waals surface area contributed by atoms with Crippen LogP contribution in [0.4, 0.5) is 5.69 Å². The third-order valence-electron chi connectivity index (χ3n) is 3.67. The molecule has 24 heavy (non-hydrogen) atoms. The van der Waals surface area contributed by atoms with E-state index < -0.39 is 0 Å². The molecule has 0 radical (unpaired) electrons. The minimum atomic E-state index is 0.659. The Bertz CT molecular complexity index is 690. The number of aliphatic imine (C=N–C) groups is 1. The topological polar surface area (TPSA) is 52.6 Å². The van der Waals surface area contributed by atoms with E-state index >= 15 is 0 Å². The van der Waals surface area contributed by atoms with Crippen LogP contribution in [-0.2, 0) is 13.1 Å². The van der Waals surface area contributed by atoms with Crippen LogP contribution in [0, 0.1) is 13.8 Å². The maximum absolute atomic E-state index is 4.70. The molecule has 0 aliphatic heterocycles. The molecule has 0 amide bonds. The molecular weight excluding hydrogens is 318 g/mol. The van der Waals surface area contributed by atoms with Gasteiger partial charge in [0.2, 0.25) is 0 Å². The van der Waals surface area contributed by atoms with Crippen molar-refractivity contribution in [3.8, 4) is 0 Å². The monoisotopic (exact) mass is 345 g/mol. The molecule has 2 rings (SSSR count). The zero-order valence-corrected chi connectivity index (χ0v) is 16.0. The molecule has 6 heteroatoms. The second kappa shape index (κ2) is 8.68. The van der Waals surface area contributed by atoms with Crippen LogP contribution in [-0.4, -0.2) is 31.6 Å². The first-order valence-corrected chi connectivity index (χ1v) is 9.01. The second-order valence-corrected chi connectivity index (χ2v) is 7.24. The van der Waals surface area contributed by atoms with E-state index in [1.165, 1.54) is 21.7 Å². The molecule has 0 aliphatic carbocycles. The molecule has 1 heterocycles. The number of benzene rings is 1. The molecule has 2 aromatic rings. The zero-order valence-electron chi connectivity index (χ0n) is 15.2. The maximum Gasteiger partial charge on any atom is 0.191 e. The Labute approximate surface area is 148 Å². The Morgan fingerprint density at radius 3 is 2.62 bits per heavy atom. The first-order chi connectivity index (χ1) is 11.5. The highest BCUT2D eigenvalue weighted by atomic mass is 32.1. The van der Waals surface area contributed by atoms with Gasteiger partial charge in [0.1, 0.15) is 5.01 Å². The van der Waals surface area contributed by atoms with Crippen molar-refractivity contribution in [2.45, 2.75) is 33.9 Å². The first-order valence-electron chi connectivity index (χ1n) is 8.20. The lowest BCUT2D eigenvalue weighted by Gasteiger charge is -2.15. The van der Waals surface area contributed by atoms with Crippen LogP contribution >= 0.6 is 11.3 Å². The molecule has 5 nitrogen and oxygen atoms in total. The molecule has 0 saturated carbocycles. The quantitative estimate of drug-likeness (QED) is 0.624. The number of nitrogens with zero attached hydrogens (tertiary/aromatic N) is 3. The third-order valence-corrected chi connectivity index (χ3v) is 4.58. The van der Waals surface area contributed by atoms with Gasteiger partial charge in [-0.1, -0.05) is 6.07 Å². The van der Waals surface area contributed by atoms with Crippen molar-refractivity contribution in [1.29, 1.82) is 0 Å². The molecule has 0 unspecified atom stereocenters. The fraction of sp³-hybridized carbons (Fsp3) is 0.444. The Balaban J connectivity index is 2.02. The van der Waals surface area contributed by atoms with Crippen LogP contribution < -0.4 is 15.5 Å². The van der Waals surface area contributed by atoms with Crippen molar-refractivity contribution in [2.24, 2.45) is 4.99 Å².